The van der Waals surface area contributed by atoms with Crippen molar-refractivity contribution in [1.29, 1.82) is 0 Å². The first-order chi connectivity index (χ1) is 11.0. The number of nitrogens with one attached hydrogen (secondary N) is 1. The number of carbonyl (C=O) groups excluding carboxylic acids is 1. The first-order valence-corrected chi connectivity index (χ1v) is 8.25. The Balaban J connectivity index is 1.68. The van der Waals surface area contributed by atoms with E-state index in [1.807, 2.05) is 0 Å². The van der Waals surface area contributed by atoms with Crippen LogP contribution in [0.5, 0.6) is 0 Å². The van der Waals surface area contributed by atoms with E-state index in [0.717, 1.165) is 36.3 Å². The molecule has 0 saturated heterocycles. The van der Waals surface area contributed by atoms with Gasteiger partial charge in [0.1, 0.15) is 9.88 Å². The van der Waals surface area contributed by atoms with Crippen LogP contribution in [0.25, 0.3) is 10.6 Å². The van der Waals surface area contributed by atoms with Crippen LogP contribution in [-0.4, -0.2) is 28.1 Å². The lowest BCUT2D eigenvalue weighted by Crippen LogP contribution is -2.38. The Morgan fingerprint density at radius 3 is 2.65 bits per heavy atom. The standard InChI is InChI=1S/C16H16F2N2O2S/c17-12-6-1-9(7-13(12)18)16-19-8-14(23-16)15(22)20-10-2-4-11(21)5-3-10/h1,6-8,10-11,21H,2-5H2,(H,20,22). The predicted molar refractivity (Wildman–Crippen MR) is 83.2 cm³/mol. The van der Waals surface area contributed by atoms with E-state index in [0.29, 0.717) is 28.3 Å². The number of carbonyl (C=O) groups is 1. The molecule has 7 heteroatoms. The molecule has 1 aromatic carbocycles. The molecule has 3 rings (SSSR count). The Kier molecular flexibility index (Phi) is 4.68. The summed E-state index contributed by atoms with van der Waals surface area (Å²) >= 11 is 1.14. The third-order valence-corrected chi connectivity index (χ3v) is 4.97. The molecule has 0 unspecified atom stereocenters. The van der Waals surface area contributed by atoms with Gasteiger partial charge >= 0.3 is 0 Å². The van der Waals surface area contributed by atoms with Crippen molar-refractivity contribution in [3.8, 4) is 10.6 Å². The molecule has 0 atom stereocenters. The second-order valence-electron chi connectivity index (χ2n) is 5.64. The molecule has 23 heavy (non-hydrogen) atoms. The lowest BCUT2D eigenvalue weighted by Gasteiger charge is -2.25. The Morgan fingerprint density at radius 2 is 1.96 bits per heavy atom. The zero-order valence-corrected chi connectivity index (χ0v) is 13.1. The van der Waals surface area contributed by atoms with Crippen molar-refractivity contribution < 1.29 is 18.7 Å². The van der Waals surface area contributed by atoms with E-state index in [4.69, 9.17) is 0 Å². The number of halogens is 2. The normalized spacial score (nSPS) is 21.2. The van der Waals surface area contributed by atoms with E-state index in [9.17, 15) is 18.7 Å². The van der Waals surface area contributed by atoms with E-state index < -0.39 is 11.6 Å². The van der Waals surface area contributed by atoms with Crippen molar-refractivity contribution in [2.45, 2.75) is 37.8 Å². The van der Waals surface area contributed by atoms with Crippen LogP contribution in [0.1, 0.15) is 35.4 Å². The quantitative estimate of drug-likeness (QED) is 0.904. The summed E-state index contributed by atoms with van der Waals surface area (Å²) in [5.74, 6) is -2.08. The SMILES string of the molecule is O=C(NC1CCC(O)CC1)c1cnc(-c2ccc(F)c(F)c2)s1. The number of aliphatic hydroxyl groups is 1. The van der Waals surface area contributed by atoms with Gasteiger partial charge in [0.05, 0.1) is 12.3 Å². The van der Waals surface area contributed by atoms with Gasteiger partial charge in [-0.25, -0.2) is 13.8 Å². The third-order valence-electron chi connectivity index (χ3n) is 3.93. The van der Waals surface area contributed by atoms with E-state index in [2.05, 4.69) is 10.3 Å². The number of hydrogen-bond acceptors (Lipinski definition) is 4. The molecule has 0 radical (unpaired) electrons. The topological polar surface area (TPSA) is 62.2 Å². The molecule has 0 bridgehead atoms. The molecule has 1 aliphatic carbocycles. The van der Waals surface area contributed by atoms with Crippen molar-refractivity contribution in [2.75, 3.05) is 0 Å². The highest BCUT2D eigenvalue weighted by Crippen LogP contribution is 2.27. The number of rotatable bonds is 3. The maximum absolute atomic E-state index is 13.3. The molecule has 1 heterocycles. The highest BCUT2D eigenvalue weighted by atomic mass is 32.1. The van der Waals surface area contributed by atoms with Crippen LogP contribution in [0.15, 0.2) is 24.4 Å². The van der Waals surface area contributed by atoms with Gasteiger partial charge in [-0.05, 0) is 43.9 Å². The van der Waals surface area contributed by atoms with Crippen LogP contribution in [-0.2, 0) is 0 Å². The minimum Gasteiger partial charge on any atom is -0.393 e. The highest BCUT2D eigenvalue weighted by molar-refractivity contribution is 7.16. The van der Waals surface area contributed by atoms with Gasteiger partial charge in [0.2, 0.25) is 0 Å². The van der Waals surface area contributed by atoms with Crippen LogP contribution >= 0.6 is 11.3 Å². The average molecular weight is 338 g/mol. The Bertz CT molecular complexity index is 712. The lowest BCUT2D eigenvalue weighted by molar-refractivity contribution is 0.0871. The second kappa shape index (κ2) is 6.72. The first kappa shape index (κ1) is 16.0. The van der Waals surface area contributed by atoms with Gasteiger partial charge in [-0.3, -0.25) is 4.79 Å². The molecule has 1 amide bonds. The van der Waals surface area contributed by atoms with Crippen molar-refractivity contribution in [1.82, 2.24) is 10.3 Å². The molecule has 0 spiro atoms. The van der Waals surface area contributed by atoms with Gasteiger partial charge in [-0.1, -0.05) is 0 Å². The van der Waals surface area contributed by atoms with Gasteiger partial charge in [0, 0.05) is 11.6 Å². The minimum atomic E-state index is -0.940. The number of thiazole rings is 1. The largest absolute Gasteiger partial charge is 0.393 e. The van der Waals surface area contributed by atoms with Gasteiger partial charge in [0.15, 0.2) is 11.6 Å². The van der Waals surface area contributed by atoms with E-state index in [1.54, 1.807) is 0 Å². The maximum Gasteiger partial charge on any atom is 0.263 e. The predicted octanol–water partition coefficient (Wildman–Crippen LogP) is 3.12. The highest BCUT2D eigenvalue weighted by Gasteiger charge is 2.22. The van der Waals surface area contributed by atoms with Gasteiger partial charge in [-0.15, -0.1) is 11.3 Å². The van der Waals surface area contributed by atoms with Gasteiger partial charge in [-0.2, -0.15) is 0 Å². The summed E-state index contributed by atoms with van der Waals surface area (Å²) in [5, 5.41) is 12.9. The van der Waals surface area contributed by atoms with Gasteiger partial charge < -0.3 is 10.4 Å². The van der Waals surface area contributed by atoms with Gasteiger partial charge in [0.25, 0.3) is 5.91 Å². The van der Waals surface area contributed by atoms with Crippen molar-refractivity contribution in [3.05, 3.63) is 40.9 Å². The van der Waals surface area contributed by atoms with Crippen molar-refractivity contribution in [3.63, 3.8) is 0 Å². The van der Waals surface area contributed by atoms with Crippen LogP contribution in [0, 0.1) is 11.6 Å². The summed E-state index contributed by atoms with van der Waals surface area (Å²) in [5.41, 5.74) is 0.439. The summed E-state index contributed by atoms with van der Waals surface area (Å²) in [6, 6.07) is 3.60. The third kappa shape index (κ3) is 3.73. The lowest BCUT2D eigenvalue weighted by atomic mass is 9.93. The summed E-state index contributed by atoms with van der Waals surface area (Å²) in [7, 11) is 0. The fourth-order valence-electron chi connectivity index (χ4n) is 2.62. The molecular formula is C16H16F2N2O2S. The number of aromatic nitrogens is 1. The van der Waals surface area contributed by atoms with Crippen molar-refractivity contribution >= 4 is 17.2 Å². The first-order valence-electron chi connectivity index (χ1n) is 7.43. The summed E-state index contributed by atoms with van der Waals surface area (Å²) in [6.45, 7) is 0. The molecule has 122 valence electrons. The molecule has 1 fully saturated rings. The van der Waals surface area contributed by atoms with Crippen LogP contribution in [0.2, 0.25) is 0 Å². The van der Waals surface area contributed by atoms with E-state index >= 15 is 0 Å². The number of amides is 1. The fourth-order valence-corrected chi connectivity index (χ4v) is 3.43. The Labute approximate surface area is 136 Å². The Hall–Kier alpha value is -1.86. The maximum atomic E-state index is 13.3. The number of hydrogen-bond donors (Lipinski definition) is 2. The zero-order valence-electron chi connectivity index (χ0n) is 12.3. The summed E-state index contributed by atoms with van der Waals surface area (Å²) < 4.78 is 26.2. The second-order valence-corrected chi connectivity index (χ2v) is 6.67. The van der Waals surface area contributed by atoms with Crippen LogP contribution < -0.4 is 5.32 Å². The molecule has 4 nitrogen and oxygen atoms in total. The molecule has 2 aromatic rings. The molecule has 2 N–H and O–H groups in total. The molecule has 0 aliphatic heterocycles. The fraction of sp³-hybridized carbons (Fsp3) is 0.375. The van der Waals surface area contributed by atoms with E-state index in [-0.39, 0.29) is 18.1 Å². The number of benzene rings is 1. The molecule has 1 aromatic heterocycles. The molecule has 1 saturated carbocycles. The summed E-state index contributed by atoms with van der Waals surface area (Å²) in [4.78, 5) is 16.8. The number of aliphatic hydroxyl groups excluding tert-OH is 1. The Morgan fingerprint density at radius 1 is 1.22 bits per heavy atom. The molecular weight excluding hydrogens is 322 g/mol. The summed E-state index contributed by atoms with van der Waals surface area (Å²) in [6.07, 6.45) is 4.05. The average Bonchev–Trinajstić information content (AvgIpc) is 3.02. The zero-order chi connectivity index (χ0) is 16.4. The minimum absolute atomic E-state index is 0.0553. The van der Waals surface area contributed by atoms with Crippen LogP contribution in [0.4, 0.5) is 8.78 Å². The smallest absolute Gasteiger partial charge is 0.263 e. The van der Waals surface area contributed by atoms with Crippen molar-refractivity contribution in [2.24, 2.45) is 0 Å². The van der Waals surface area contributed by atoms with E-state index in [1.165, 1.54) is 12.3 Å². The molecule has 1 aliphatic rings. The number of nitrogens with zero attached hydrogens (tertiary/aromatic N) is 1. The van der Waals surface area contributed by atoms with Crippen LogP contribution in [0.3, 0.4) is 0 Å². The monoisotopic (exact) mass is 338 g/mol.